The highest BCUT2D eigenvalue weighted by molar-refractivity contribution is 7.47. The van der Waals surface area contributed by atoms with Crippen LogP contribution >= 0.6 is 15.6 Å². The lowest BCUT2D eigenvalue weighted by Crippen LogP contribution is -2.30. The number of carbonyl (C=O) groups excluding carboxylic acids is 4. The van der Waals surface area contributed by atoms with Crippen LogP contribution < -0.4 is 0 Å². The minimum Gasteiger partial charge on any atom is -0.462 e. The van der Waals surface area contributed by atoms with E-state index >= 15 is 0 Å². The van der Waals surface area contributed by atoms with Gasteiger partial charge in [0.25, 0.3) is 0 Å². The van der Waals surface area contributed by atoms with E-state index in [2.05, 4.69) is 48.5 Å². The molecule has 0 aliphatic rings. The average Bonchev–Trinajstić information content (AvgIpc) is 3.04. The van der Waals surface area contributed by atoms with Crippen LogP contribution in [0.3, 0.4) is 0 Å². The van der Waals surface area contributed by atoms with E-state index < -0.39 is 97.5 Å². The molecule has 0 aromatic rings. The van der Waals surface area contributed by atoms with Gasteiger partial charge in [0.05, 0.1) is 26.4 Å². The summed E-state index contributed by atoms with van der Waals surface area (Å²) in [5.74, 6) is 0.0422. The lowest BCUT2D eigenvalue weighted by atomic mass is 10.00. The SMILES string of the molecule is CCCCCCCCCCCCCCCCCCCCC(=O)O[C@H](COC(=O)CCCCCCCCCCCCCC(C)C)COP(=O)(O)OC[C@@H](O)COP(=O)(O)OC[C@@H](COC(=O)CCCCCCCCC(C)C)OC(=O)CCCCCCCCC(C)CC. The third-order valence-corrected chi connectivity index (χ3v) is 18.9. The van der Waals surface area contributed by atoms with E-state index in [1.807, 2.05) is 0 Å². The summed E-state index contributed by atoms with van der Waals surface area (Å²) in [6, 6.07) is 0. The van der Waals surface area contributed by atoms with E-state index in [1.165, 1.54) is 167 Å². The van der Waals surface area contributed by atoms with Gasteiger partial charge >= 0.3 is 39.5 Å². The normalized spacial score (nSPS) is 14.5. The number of esters is 4. The maximum absolute atomic E-state index is 13.0. The second kappa shape index (κ2) is 62.8. The first-order valence-electron chi connectivity index (χ1n) is 37.4. The summed E-state index contributed by atoms with van der Waals surface area (Å²) in [7, 11) is -9.90. The topological polar surface area (TPSA) is 237 Å². The summed E-state index contributed by atoms with van der Waals surface area (Å²) in [4.78, 5) is 72.6. The Kier molecular flexibility index (Phi) is 61.5. The largest absolute Gasteiger partial charge is 0.472 e. The Balaban J connectivity index is 5.22. The Labute approximate surface area is 556 Å². The Hall–Kier alpha value is -1.94. The number of unbranched alkanes of at least 4 members (excludes halogenated alkanes) is 37. The van der Waals surface area contributed by atoms with Gasteiger partial charge in [0.1, 0.15) is 19.3 Å². The van der Waals surface area contributed by atoms with Crippen LogP contribution in [0.1, 0.15) is 363 Å². The van der Waals surface area contributed by atoms with Crippen LogP contribution in [0, 0.1) is 17.8 Å². The standard InChI is InChI=1S/C72H140O17P2/c1-8-10-11-12-13-14-15-16-17-18-19-20-21-24-28-31-41-48-55-71(76)88-67(59-82-69(74)53-46-39-30-27-25-22-23-26-29-36-43-50-63(3)4)61-86-90(78,79)84-57-66(73)58-85-91(80,81)87-62-68(60-83-70(75)54-47-40-34-32-37-44-51-64(5)6)89-72(77)56-49-42-35-33-38-45-52-65(7)9-2/h63-68,73H,8-62H2,1-7H3,(H,78,79)(H,80,81)/t65?,66-,67-,68-/m1/s1. The number of aliphatic hydroxyl groups excluding tert-OH is 1. The maximum atomic E-state index is 13.0. The van der Waals surface area contributed by atoms with E-state index in [0.29, 0.717) is 31.6 Å². The number of aliphatic hydroxyl groups is 1. The highest BCUT2D eigenvalue weighted by atomic mass is 31.2. The molecule has 3 unspecified atom stereocenters. The predicted molar refractivity (Wildman–Crippen MR) is 368 cm³/mol. The van der Waals surface area contributed by atoms with E-state index in [4.69, 9.17) is 37.0 Å². The van der Waals surface area contributed by atoms with Gasteiger partial charge < -0.3 is 33.8 Å². The van der Waals surface area contributed by atoms with Gasteiger partial charge in [-0.15, -0.1) is 0 Å². The van der Waals surface area contributed by atoms with Gasteiger partial charge in [-0.05, 0) is 43.4 Å². The van der Waals surface area contributed by atoms with Crippen LogP contribution in [0.15, 0.2) is 0 Å². The molecule has 0 rings (SSSR count). The maximum Gasteiger partial charge on any atom is 0.472 e. The zero-order valence-corrected chi connectivity index (χ0v) is 61.1. The van der Waals surface area contributed by atoms with Crippen LogP contribution in [0.5, 0.6) is 0 Å². The zero-order chi connectivity index (χ0) is 67.3. The monoisotopic (exact) mass is 1340 g/mol. The fourth-order valence-corrected chi connectivity index (χ4v) is 12.4. The van der Waals surface area contributed by atoms with Crippen LogP contribution in [-0.2, 0) is 65.4 Å². The molecule has 0 bridgehead atoms. The molecule has 0 radical (unpaired) electrons. The molecule has 3 N–H and O–H groups in total. The number of rotatable bonds is 70. The third kappa shape index (κ3) is 65.1. The van der Waals surface area contributed by atoms with E-state index in [1.54, 1.807) is 0 Å². The molecule has 6 atom stereocenters. The second-order valence-electron chi connectivity index (χ2n) is 27.2. The van der Waals surface area contributed by atoms with Crippen molar-refractivity contribution in [2.75, 3.05) is 39.6 Å². The molecule has 0 aromatic heterocycles. The van der Waals surface area contributed by atoms with Crippen LogP contribution in [0.4, 0.5) is 0 Å². The molecule has 540 valence electrons. The zero-order valence-electron chi connectivity index (χ0n) is 59.3. The van der Waals surface area contributed by atoms with Gasteiger partial charge in [0.15, 0.2) is 12.2 Å². The lowest BCUT2D eigenvalue weighted by molar-refractivity contribution is -0.161. The molecule has 17 nitrogen and oxygen atoms in total. The van der Waals surface area contributed by atoms with Gasteiger partial charge in [-0.2, -0.15) is 0 Å². The van der Waals surface area contributed by atoms with Crippen molar-refractivity contribution in [1.29, 1.82) is 0 Å². The van der Waals surface area contributed by atoms with Crippen molar-refractivity contribution in [3.8, 4) is 0 Å². The molecule has 0 heterocycles. The minimum absolute atomic E-state index is 0.102. The van der Waals surface area contributed by atoms with Crippen molar-refractivity contribution < 1.29 is 80.2 Å². The molecule has 0 aliphatic carbocycles. The van der Waals surface area contributed by atoms with Crippen molar-refractivity contribution in [3.05, 3.63) is 0 Å². The molecular weight excluding hydrogens is 1200 g/mol. The highest BCUT2D eigenvalue weighted by Gasteiger charge is 2.30. The van der Waals surface area contributed by atoms with Crippen LogP contribution in [0.25, 0.3) is 0 Å². The molecule has 0 fully saturated rings. The number of phosphoric acid groups is 2. The quantitative estimate of drug-likeness (QED) is 0.0222. The summed E-state index contributed by atoms with van der Waals surface area (Å²) < 4.78 is 68.3. The molecule has 91 heavy (non-hydrogen) atoms. The Morgan fingerprint density at radius 2 is 0.560 bits per heavy atom. The summed E-state index contributed by atoms with van der Waals surface area (Å²) >= 11 is 0. The number of ether oxygens (including phenoxy) is 4. The lowest BCUT2D eigenvalue weighted by Gasteiger charge is -2.21. The van der Waals surface area contributed by atoms with Gasteiger partial charge in [-0.1, -0.05) is 312 Å². The number of phosphoric ester groups is 2. The Morgan fingerprint density at radius 3 is 0.835 bits per heavy atom. The van der Waals surface area contributed by atoms with Crippen molar-refractivity contribution in [2.45, 2.75) is 381 Å². The van der Waals surface area contributed by atoms with E-state index in [0.717, 1.165) is 108 Å². The molecule has 0 amide bonds. The average molecular weight is 1340 g/mol. The Bertz CT molecular complexity index is 1790. The van der Waals surface area contributed by atoms with Crippen molar-refractivity contribution in [2.24, 2.45) is 17.8 Å². The van der Waals surface area contributed by atoms with Crippen LogP contribution in [-0.4, -0.2) is 96.7 Å². The number of hydrogen-bond acceptors (Lipinski definition) is 15. The fourth-order valence-electron chi connectivity index (χ4n) is 10.9. The fraction of sp³-hybridized carbons (Fsp3) is 0.944. The first-order valence-corrected chi connectivity index (χ1v) is 40.4. The Morgan fingerprint density at radius 1 is 0.319 bits per heavy atom. The number of hydrogen-bond donors (Lipinski definition) is 3. The third-order valence-electron chi connectivity index (χ3n) is 17.0. The second-order valence-corrected chi connectivity index (χ2v) is 30.1. The first-order chi connectivity index (χ1) is 43.8. The first kappa shape index (κ1) is 89.1. The summed E-state index contributed by atoms with van der Waals surface area (Å²) in [6.45, 7) is 11.7. The van der Waals surface area contributed by atoms with Gasteiger partial charge in [-0.3, -0.25) is 37.3 Å². The summed E-state index contributed by atoms with van der Waals surface area (Å²) in [5.41, 5.74) is 0. The highest BCUT2D eigenvalue weighted by Crippen LogP contribution is 2.45. The van der Waals surface area contributed by atoms with E-state index in [9.17, 15) is 43.2 Å². The summed E-state index contributed by atoms with van der Waals surface area (Å²) in [5, 5.41) is 10.6. The van der Waals surface area contributed by atoms with Crippen molar-refractivity contribution in [3.63, 3.8) is 0 Å². The molecule has 0 spiro atoms. The molecule has 0 saturated carbocycles. The predicted octanol–water partition coefficient (Wildman–Crippen LogP) is 20.6. The van der Waals surface area contributed by atoms with Crippen LogP contribution in [0.2, 0.25) is 0 Å². The molecule has 0 aliphatic heterocycles. The molecular formula is C72H140O17P2. The number of carbonyl (C=O) groups is 4. The van der Waals surface area contributed by atoms with Crippen molar-refractivity contribution >= 4 is 39.5 Å². The summed E-state index contributed by atoms with van der Waals surface area (Å²) in [6.07, 6.45) is 47.5. The molecule has 0 saturated heterocycles. The smallest absolute Gasteiger partial charge is 0.462 e. The van der Waals surface area contributed by atoms with Gasteiger partial charge in [0, 0.05) is 25.7 Å². The van der Waals surface area contributed by atoms with Gasteiger partial charge in [-0.25, -0.2) is 9.13 Å². The molecule has 0 aromatic carbocycles. The minimum atomic E-state index is -4.95. The van der Waals surface area contributed by atoms with E-state index in [-0.39, 0.29) is 25.7 Å². The van der Waals surface area contributed by atoms with Crippen molar-refractivity contribution in [1.82, 2.24) is 0 Å². The van der Waals surface area contributed by atoms with Gasteiger partial charge in [0.2, 0.25) is 0 Å². The molecule has 19 heteroatoms.